The molecule has 1 amide bonds. The van der Waals surface area contributed by atoms with Gasteiger partial charge in [-0.05, 0) is 69.7 Å². The molecular weight excluding hydrogens is 663 g/mol. The van der Waals surface area contributed by atoms with Crippen molar-refractivity contribution in [3.63, 3.8) is 0 Å². The molecule has 1 saturated heterocycles. The molecule has 0 saturated carbocycles. The molecule has 0 aliphatic carbocycles. The van der Waals surface area contributed by atoms with E-state index in [-0.39, 0.29) is 35.7 Å². The average Bonchev–Trinajstić information content (AvgIpc) is 3.50. The van der Waals surface area contributed by atoms with Crippen LogP contribution in [0.2, 0.25) is 5.02 Å². The van der Waals surface area contributed by atoms with Crippen LogP contribution in [-0.2, 0) is 16.1 Å². The topological polar surface area (TPSA) is 104 Å². The molecule has 0 spiro atoms. The molecule has 0 unspecified atom stereocenters. The lowest BCUT2D eigenvalue weighted by Crippen LogP contribution is -2.50. The fourth-order valence-electron chi connectivity index (χ4n) is 4.53. The maximum absolute atomic E-state index is 13.9. The third kappa shape index (κ3) is 8.35. The number of amides is 1. The van der Waals surface area contributed by atoms with Gasteiger partial charge in [-0.15, -0.1) is 21.5 Å². The first-order valence-electron chi connectivity index (χ1n) is 15.0. The molecule has 0 bridgehead atoms. The smallest absolute Gasteiger partial charge is 0.410 e. The maximum atomic E-state index is 13.9. The van der Waals surface area contributed by atoms with Gasteiger partial charge in [0.2, 0.25) is 0 Å². The van der Waals surface area contributed by atoms with Crippen LogP contribution in [0.5, 0.6) is 11.5 Å². The highest BCUT2D eigenvalue weighted by molar-refractivity contribution is 7.11. The van der Waals surface area contributed by atoms with Crippen LogP contribution in [-0.4, -0.2) is 50.2 Å². The molecule has 2 aromatic carbocycles. The number of benzene rings is 2. The number of rotatable bonds is 7. The Morgan fingerprint density at radius 1 is 1.06 bits per heavy atom. The molecule has 3 heterocycles. The molecular formula is C34H36ClFN4O5S2. The summed E-state index contributed by atoms with van der Waals surface area (Å²) in [6, 6.07) is 9.47. The van der Waals surface area contributed by atoms with Gasteiger partial charge in [-0.1, -0.05) is 43.7 Å². The Morgan fingerprint density at radius 3 is 2.45 bits per heavy atom. The minimum atomic E-state index is -0.653. The summed E-state index contributed by atoms with van der Waals surface area (Å²) in [6.07, 6.45) is 2.82. The van der Waals surface area contributed by atoms with Crippen LogP contribution >= 0.6 is 34.3 Å². The summed E-state index contributed by atoms with van der Waals surface area (Å²) in [7, 11) is 0. The first-order valence-corrected chi connectivity index (χ1v) is 17.0. The molecule has 4 aromatic rings. The van der Waals surface area contributed by atoms with Gasteiger partial charge in [0, 0.05) is 47.2 Å². The summed E-state index contributed by atoms with van der Waals surface area (Å²) >= 11 is 8.84. The van der Waals surface area contributed by atoms with Crippen molar-refractivity contribution in [2.75, 3.05) is 13.1 Å². The van der Waals surface area contributed by atoms with Gasteiger partial charge in [-0.2, -0.15) is 0 Å². The Bertz CT molecular complexity index is 2020. The predicted octanol–water partition coefficient (Wildman–Crippen LogP) is 6.26. The van der Waals surface area contributed by atoms with Crippen molar-refractivity contribution in [2.24, 2.45) is 5.41 Å². The lowest BCUT2D eigenvalue weighted by molar-refractivity contribution is -0.120. The number of likely N-dealkylation sites (tertiary alicyclic amines) is 1. The first kappa shape index (κ1) is 34.5. The number of Topliss-reactive ketones (excluding diaryl/α,β-unsaturated/α-hetero) is 1. The molecule has 5 rings (SSSR count). The van der Waals surface area contributed by atoms with Crippen LogP contribution in [0, 0.1) is 18.2 Å². The lowest BCUT2D eigenvalue weighted by Gasteiger charge is -2.38. The normalized spacial score (nSPS) is 14.8. The van der Waals surface area contributed by atoms with Crippen molar-refractivity contribution in [2.45, 2.75) is 66.5 Å². The standard InChI is InChI=1S/C34H36ClFN4O5S2/c1-19-12-23(10-11-24(19)36)44-25-14-22(35)9-8-20(25)13-26-31(42)40(29(46-26)15-27(41)33(2,3)4)18-28-37-38-30(47-28)21-16-39(17-21)32(43)45-34(5,6)7/h8-15,21H,16-18H2,1-7H3/b26-13-,29-15-. The van der Waals surface area contributed by atoms with Gasteiger partial charge in [0.15, 0.2) is 5.78 Å². The van der Waals surface area contributed by atoms with E-state index < -0.39 is 11.0 Å². The number of hydrogen-bond donors (Lipinski definition) is 0. The van der Waals surface area contributed by atoms with Gasteiger partial charge in [-0.3, -0.25) is 14.2 Å². The fraction of sp³-hybridized carbons (Fsp3) is 0.382. The van der Waals surface area contributed by atoms with Crippen molar-refractivity contribution in [1.29, 1.82) is 0 Å². The van der Waals surface area contributed by atoms with Crippen LogP contribution in [0.4, 0.5) is 9.18 Å². The molecule has 13 heteroatoms. The molecule has 9 nitrogen and oxygen atoms in total. The Morgan fingerprint density at radius 2 is 1.79 bits per heavy atom. The number of aryl methyl sites for hydroxylation is 1. The molecule has 0 atom stereocenters. The number of ketones is 1. The van der Waals surface area contributed by atoms with Crippen molar-refractivity contribution < 1.29 is 23.5 Å². The number of nitrogens with zero attached hydrogens (tertiary/aromatic N) is 4. The highest BCUT2D eigenvalue weighted by atomic mass is 35.5. The zero-order chi connectivity index (χ0) is 34.3. The van der Waals surface area contributed by atoms with E-state index in [1.165, 1.54) is 45.4 Å². The van der Waals surface area contributed by atoms with E-state index in [0.717, 1.165) is 5.01 Å². The van der Waals surface area contributed by atoms with Crippen LogP contribution < -0.4 is 19.5 Å². The maximum Gasteiger partial charge on any atom is 0.410 e. The monoisotopic (exact) mass is 698 g/mol. The molecule has 1 aliphatic rings. The van der Waals surface area contributed by atoms with Gasteiger partial charge in [0.25, 0.3) is 5.56 Å². The van der Waals surface area contributed by atoms with E-state index in [1.54, 1.807) is 42.2 Å². The summed E-state index contributed by atoms with van der Waals surface area (Å²) in [5.74, 6) is 0.353. The molecule has 0 N–H and O–H groups in total. The summed E-state index contributed by atoms with van der Waals surface area (Å²) in [6.45, 7) is 13.6. The molecule has 47 heavy (non-hydrogen) atoms. The number of thiazole rings is 1. The zero-order valence-corrected chi connectivity index (χ0v) is 29.6. The Hall–Kier alpha value is -3.87. The third-order valence-corrected chi connectivity index (χ3v) is 9.57. The Kier molecular flexibility index (Phi) is 9.77. The summed E-state index contributed by atoms with van der Waals surface area (Å²) in [5.41, 5.74) is -0.530. The average molecular weight is 699 g/mol. The van der Waals surface area contributed by atoms with E-state index >= 15 is 0 Å². The van der Waals surface area contributed by atoms with E-state index in [4.69, 9.17) is 21.1 Å². The van der Waals surface area contributed by atoms with Gasteiger partial charge in [0.1, 0.15) is 37.6 Å². The van der Waals surface area contributed by atoms with Crippen molar-refractivity contribution >= 4 is 58.3 Å². The number of carbonyl (C=O) groups is 2. The van der Waals surface area contributed by atoms with Crippen molar-refractivity contribution in [1.82, 2.24) is 19.7 Å². The largest absolute Gasteiger partial charge is 0.457 e. The lowest BCUT2D eigenvalue weighted by atomic mass is 9.91. The molecule has 0 radical (unpaired) electrons. The van der Waals surface area contributed by atoms with Gasteiger partial charge < -0.3 is 14.4 Å². The third-order valence-electron chi connectivity index (χ3n) is 7.21. The molecule has 2 aromatic heterocycles. The van der Waals surface area contributed by atoms with Crippen molar-refractivity contribution in [3.8, 4) is 11.5 Å². The Labute approximate surface area is 284 Å². The quantitative estimate of drug-likeness (QED) is 0.224. The van der Waals surface area contributed by atoms with E-state index in [9.17, 15) is 18.8 Å². The number of carbonyl (C=O) groups excluding carboxylic acids is 2. The van der Waals surface area contributed by atoms with Crippen LogP contribution in [0.1, 0.15) is 68.6 Å². The Balaban J connectivity index is 1.47. The number of aromatic nitrogens is 3. The second-order valence-electron chi connectivity index (χ2n) is 13.4. The molecule has 1 aliphatic heterocycles. The zero-order valence-electron chi connectivity index (χ0n) is 27.2. The van der Waals surface area contributed by atoms with Crippen molar-refractivity contribution in [3.05, 3.63) is 87.9 Å². The number of halogens is 2. The molecule has 248 valence electrons. The van der Waals surface area contributed by atoms with Crippen LogP contribution in [0.3, 0.4) is 0 Å². The summed E-state index contributed by atoms with van der Waals surface area (Å²) in [5, 5.41) is 10.5. The van der Waals surface area contributed by atoms with E-state index in [0.29, 0.717) is 54.9 Å². The highest BCUT2D eigenvalue weighted by Gasteiger charge is 2.36. The molecule has 1 fully saturated rings. The second-order valence-corrected chi connectivity index (χ2v) is 16.0. The van der Waals surface area contributed by atoms with E-state index in [2.05, 4.69) is 10.2 Å². The number of hydrogen-bond acceptors (Lipinski definition) is 9. The SMILES string of the molecule is Cc1cc(Oc2cc(Cl)ccc2/C=c2\s/c(=C\C(=O)C(C)(C)C)n(Cc3nnc(C4CN(C(=O)OC(C)(C)C)C4)s3)c2=O)ccc1F. The van der Waals surface area contributed by atoms with Gasteiger partial charge in [-0.25, -0.2) is 9.18 Å². The van der Waals surface area contributed by atoms with E-state index in [1.807, 2.05) is 41.5 Å². The summed E-state index contributed by atoms with van der Waals surface area (Å²) < 4.78 is 27.7. The highest BCUT2D eigenvalue weighted by Crippen LogP contribution is 2.31. The van der Waals surface area contributed by atoms with Crippen LogP contribution in [0.15, 0.2) is 41.2 Å². The van der Waals surface area contributed by atoms with Gasteiger partial charge in [0.05, 0.1) is 11.1 Å². The minimum Gasteiger partial charge on any atom is -0.457 e. The van der Waals surface area contributed by atoms with Gasteiger partial charge >= 0.3 is 6.09 Å². The predicted molar refractivity (Wildman–Crippen MR) is 183 cm³/mol. The summed E-state index contributed by atoms with van der Waals surface area (Å²) in [4.78, 5) is 40.9. The fourth-order valence-corrected chi connectivity index (χ4v) is 6.64. The minimum absolute atomic E-state index is 0.0265. The van der Waals surface area contributed by atoms with Crippen LogP contribution in [0.25, 0.3) is 12.2 Å². The number of ether oxygens (including phenoxy) is 2. The first-order chi connectivity index (χ1) is 22.0. The second kappa shape index (κ2) is 13.3.